The van der Waals surface area contributed by atoms with E-state index in [4.69, 9.17) is 8.92 Å². The van der Waals surface area contributed by atoms with Crippen molar-refractivity contribution < 1.29 is 8.92 Å². The van der Waals surface area contributed by atoms with Crippen molar-refractivity contribution in [3.63, 3.8) is 0 Å². The van der Waals surface area contributed by atoms with Crippen molar-refractivity contribution in [1.29, 1.82) is 0 Å². The monoisotopic (exact) mass is 349 g/mol. The highest BCUT2D eigenvalue weighted by atomic mass is 32.2. The first-order valence-corrected chi connectivity index (χ1v) is 9.59. The van der Waals surface area contributed by atoms with E-state index in [1.807, 2.05) is 18.4 Å². The second-order valence-corrected chi connectivity index (χ2v) is 7.74. The van der Waals surface area contributed by atoms with Crippen molar-refractivity contribution in [3.05, 3.63) is 46.2 Å². The summed E-state index contributed by atoms with van der Waals surface area (Å²) in [7, 11) is 3.73. The SMILES string of the molecule is CNCC(CC1CCOc2cc(SOC)ccc21)c1cccs1. The lowest BCUT2D eigenvalue weighted by molar-refractivity contribution is 0.258. The maximum absolute atomic E-state index is 5.89. The molecule has 5 heteroatoms. The Morgan fingerprint density at radius 2 is 2.35 bits per heavy atom. The van der Waals surface area contributed by atoms with E-state index >= 15 is 0 Å². The molecule has 1 aliphatic rings. The number of hydrogen-bond acceptors (Lipinski definition) is 5. The second-order valence-electron chi connectivity index (χ2n) is 5.79. The van der Waals surface area contributed by atoms with E-state index in [9.17, 15) is 0 Å². The van der Waals surface area contributed by atoms with Gasteiger partial charge >= 0.3 is 0 Å². The molecule has 2 aromatic rings. The minimum atomic E-state index is 0.556. The minimum absolute atomic E-state index is 0.556. The van der Waals surface area contributed by atoms with Crippen LogP contribution >= 0.6 is 23.4 Å². The highest BCUT2D eigenvalue weighted by Crippen LogP contribution is 2.41. The second kappa shape index (κ2) is 8.20. The van der Waals surface area contributed by atoms with Crippen LogP contribution in [-0.2, 0) is 4.18 Å². The van der Waals surface area contributed by atoms with Gasteiger partial charge in [0.1, 0.15) is 5.75 Å². The zero-order chi connectivity index (χ0) is 16.1. The summed E-state index contributed by atoms with van der Waals surface area (Å²) in [6.07, 6.45) is 2.25. The van der Waals surface area contributed by atoms with E-state index in [1.54, 1.807) is 7.11 Å². The lowest BCUT2D eigenvalue weighted by atomic mass is 9.84. The fourth-order valence-corrected chi connectivity index (χ4v) is 4.56. The molecule has 1 aromatic heterocycles. The molecule has 1 aromatic carbocycles. The molecule has 0 aliphatic carbocycles. The zero-order valence-corrected chi connectivity index (χ0v) is 15.2. The van der Waals surface area contributed by atoms with Crippen molar-refractivity contribution >= 4 is 23.4 Å². The highest BCUT2D eigenvalue weighted by Gasteiger charge is 2.26. The summed E-state index contributed by atoms with van der Waals surface area (Å²) in [4.78, 5) is 2.57. The molecule has 0 amide bonds. The number of nitrogens with one attached hydrogen (secondary N) is 1. The van der Waals surface area contributed by atoms with E-state index in [0.717, 1.165) is 36.6 Å². The number of rotatable bonds is 7. The van der Waals surface area contributed by atoms with Crippen molar-refractivity contribution in [1.82, 2.24) is 5.32 Å². The Morgan fingerprint density at radius 1 is 1.43 bits per heavy atom. The summed E-state index contributed by atoms with van der Waals surface area (Å²) in [6, 6.07) is 10.9. The van der Waals surface area contributed by atoms with Gasteiger partial charge in [-0.05, 0) is 54.9 Å². The van der Waals surface area contributed by atoms with Crippen LogP contribution in [0.3, 0.4) is 0 Å². The molecule has 3 rings (SSSR count). The molecule has 0 saturated carbocycles. The zero-order valence-electron chi connectivity index (χ0n) is 13.6. The summed E-state index contributed by atoms with van der Waals surface area (Å²) < 4.78 is 11.0. The van der Waals surface area contributed by atoms with Crippen LogP contribution in [-0.4, -0.2) is 27.3 Å². The van der Waals surface area contributed by atoms with Gasteiger partial charge in [0, 0.05) is 34.3 Å². The first-order chi connectivity index (χ1) is 11.3. The number of benzene rings is 1. The number of fused-ring (bicyclic) bond motifs is 1. The largest absolute Gasteiger partial charge is 0.493 e. The Kier molecular flexibility index (Phi) is 6.00. The highest BCUT2D eigenvalue weighted by molar-refractivity contribution is 7.94. The molecule has 1 aliphatic heterocycles. The Bertz CT molecular complexity index is 615. The molecule has 2 heterocycles. The van der Waals surface area contributed by atoms with Gasteiger partial charge in [0.25, 0.3) is 0 Å². The molecular weight excluding hydrogens is 326 g/mol. The van der Waals surface area contributed by atoms with Crippen molar-refractivity contribution in [2.45, 2.75) is 29.6 Å². The molecule has 0 radical (unpaired) electrons. The van der Waals surface area contributed by atoms with Crippen LogP contribution in [0.1, 0.15) is 35.1 Å². The predicted octanol–water partition coefficient (Wildman–Crippen LogP) is 4.66. The van der Waals surface area contributed by atoms with Crippen LogP contribution in [0.2, 0.25) is 0 Å². The number of hydrogen-bond donors (Lipinski definition) is 1. The molecule has 2 unspecified atom stereocenters. The summed E-state index contributed by atoms with van der Waals surface area (Å²) in [5.74, 6) is 2.14. The van der Waals surface area contributed by atoms with Gasteiger partial charge in [-0.2, -0.15) is 0 Å². The number of likely N-dealkylation sites (N-methyl/N-ethyl adjacent to an activating group) is 1. The molecule has 2 atom stereocenters. The van der Waals surface area contributed by atoms with Crippen LogP contribution in [0, 0.1) is 0 Å². The maximum atomic E-state index is 5.89. The average Bonchev–Trinajstić information content (AvgIpc) is 3.09. The molecule has 1 N–H and O–H groups in total. The third-order valence-electron chi connectivity index (χ3n) is 4.29. The predicted molar refractivity (Wildman–Crippen MR) is 97.8 cm³/mol. The van der Waals surface area contributed by atoms with Gasteiger partial charge in [-0.15, -0.1) is 11.3 Å². The summed E-state index contributed by atoms with van der Waals surface area (Å²) in [5, 5.41) is 5.52. The van der Waals surface area contributed by atoms with Crippen molar-refractivity contribution in [2.75, 3.05) is 27.3 Å². The summed E-state index contributed by atoms with van der Waals surface area (Å²) >= 11 is 3.24. The number of thiophene rings is 1. The Morgan fingerprint density at radius 3 is 3.09 bits per heavy atom. The quantitative estimate of drug-likeness (QED) is 0.737. The van der Waals surface area contributed by atoms with Gasteiger partial charge in [-0.1, -0.05) is 12.1 Å². The smallest absolute Gasteiger partial charge is 0.123 e. The van der Waals surface area contributed by atoms with Gasteiger partial charge in [0.05, 0.1) is 13.7 Å². The molecule has 0 bridgehead atoms. The Balaban J connectivity index is 1.79. The first-order valence-electron chi connectivity index (χ1n) is 7.97. The molecule has 124 valence electrons. The normalized spacial score (nSPS) is 18.3. The Hall–Kier alpha value is -1.01. The fourth-order valence-electron chi connectivity index (χ4n) is 3.25. The van der Waals surface area contributed by atoms with Crippen molar-refractivity contribution in [3.8, 4) is 5.75 Å². The lowest BCUT2D eigenvalue weighted by Crippen LogP contribution is -2.21. The fraction of sp³-hybridized carbons (Fsp3) is 0.444. The van der Waals surface area contributed by atoms with Gasteiger partial charge < -0.3 is 14.2 Å². The topological polar surface area (TPSA) is 30.5 Å². The van der Waals surface area contributed by atoms with Gasteiger partial charge in [0.15, 0.2) is 0 Å². The van der Waals surface area contributed by atoms with Crippen LogP contribution in [0.5, 0.6) is 5.75 Å². The van der Waals surface area contributed by atoms with E-state index in [1.165, 1.54) is 22.5 Å². The molecular formula is C18H23NO2S2. The first kappa shape index (κ1) is 16.8. The molecule has 23 heavy (non-hydrogen) atoms. The summed E-state index contributed by atoms with van der Waals surface area (Å²) in [6.45, 7) is 1.82. The summed E-state index contributed by atoms with van der Waals surface area (Å²) in [5.41, 5.74) is 1.34. The molecule has 0 saturated heterocycles. The van der Waals surface area contributed by atoms with Crippen LogP contribution in [0.4, 0.5) is 0 Å². The maximum Gasteiger partial charge on any atom is 0.123 e. The number of ether oxygens (including phenoxy) is 1. The Labute approximate surface area is 146 Å². The van der Waals surface area contributed by atoms with E-state index in [-0.39, 0.29) is 0 Å². The van der Waals surface area contributed by atoms with E-state index < -0.39 is 0 Å². The van der Waals surface area contributed by atoms with E-state index in [0.29, 0.717) is 11.8 Å². The molecule has 0 spiro atoms. The molecule has 0 fully saturated rings. The third kappa shape index (κ3) is 4.10. The standard InChI is InChI=1S/C18H23NO2S2/c1-19-12-14(18-4-3-9-22-18)10-13-7-8-21-17-11-15(23-20-2)5-6-16(13)17/h3-6,9,11,13-14,19H,7-8,10,12H2,1-2H3. The average molecular weight is 350 g/mol. The van der Waals surface area contributed by atoms with Crippen LogP contribution in [0.15, 0.2) is 40.6 Å². The van der Waals surface area contributed by atoms with E-state index in [2.05, 4.69) is 41.0 Å². The third-order valence-corrected chi connectivity index (χ3v) is 5.94. The van der Waals surface area contributed by atoms with Crippen LogP contribution in [0.25, 0.3) is 0 Å². The van der Waals surface area contributed by atoms with Crippen molar-refractivity contribution in [2.24, 2.45) is 0 Å². The van der Waals surface area contributed by atoms with Gasteiger partial charge in [-0.25, -0.2) is 0 Å². The molecule has 3 nitrogen and oxygen atoms in total. The van der Waals surface area contributed by atoms with Crippen LogP contribution < -0.4 is 10.1 Å². The lowest BCUT2D eigenvalue weighted by Gasteiger charge is -2.29. The van der Waals surface area contributed by atoms with Gasteiger partial charge in [0.2, 0.25) is 0 Å². The minimum Gasteiger partial charge on any atom is -0.493 e. The van der Waals surface area contributed by atoms with Gasteiger partial charge in [-0.3, -0.25) is 0 Å².